The average molecular weight is 353 g/mol. The molecule has 0 radical (unpaired) electrons. The summed E-state index contributed by atoms with van der Waals surface area (Å²) < 4.78 is 2.41. The van der Waals surface area contributed by atoms with Crippen LogP contribution in [0.4, 0.5) is 0 Å². The normalized spacial score (nSPS) is 27.1. The van der Waals surface area contributed by atoms with Crippen molar-refractivity contribution in [2.24, 2.45) is 11.8 Å². The number of nitrogens with one attached hydrogen (secondary N) is 1. The van der Waals surface area contributed by atoms with E-state index in [0.717, 1.165) is 27.9 Å². The van der Waals surface area contributed by atoms with E-state index in [-0.39, 0.29) is 0 Å². The molecule has 5 nitrogen and oxygen atoms in total. The molecule has 3 atom stereocenters. The van der Waals surface area contributed by atoms with Crippen LogP contribution >= 0.6 is 11.3 Å². The van der Waals surface area contributed by atoms with Crippen LogP contribution in [0.1, 0.15) is 38.1 Å². The van der Waals surface area contributed by atoms with Gasteiger partial charge in [0.15, 0.2) is 0 Å². The highest BCUT2D eigenvalue weighted by atomic mass is 32.1. The lowest BCUT2D eigenvalue weighted by Crippen LogP contribution is -2.33. The minimum atomic E-state index is 0.554. The predicted molar refractivity (Wildman–Crippen MR) is 101 cm³/mol. The van der Waals surface area contributed by atoms with Gasteiger partial charge in [0, 0.05) is 41.0 Å². The lowest BCUT2D eigenvalue weighted by molar-refractivity contribution is 0.262. The molecule has 3 aromatic heterocycles. The fourth-order valence-electron chi connectivity index (χ4n) is 4.75. The highest BCUT2D eigenvalue weighted by Gasteiger charge is 2.33. The molecule has 0 spiro atoms. The summed E-state index contributed by atoms with van der Waals surface area (Å²) in [6.07, 6.45) is 14.3. The van der Waals surface area contributed by atoms with E-state index in [1.54, 1.807) is 17.7 Å². The van der Waals surface area contributed by atoms with Gasteiger partial charge in [-0.1, -0.05) is 0 Å². The van der Waals surface area contributed by atoms with Gasteiger partial charge in [-0.05, 0) is 57.0 Å². The van der Waals surface area contributed by atoms with E-state index in [2.05, 4.69) is 31.0 Å². The van der Waals surface area contributed by atoms with Crippen LogP contribution in [-0.4, -0.2) is 32.6 Å². The first kappa shape index (κ1) is 15.5. The third-order valence-corrected chi connectivity index (χ3v) is 6.80. The minimum Gasteiger partial charge on any atom is -0.329 e. The minimum absolute atomic E-state index is 0.554. The first-order valence-corrected chi connectivity index (χ1v) is 10.2. The van der Waals surface area contributed by atoms with E-state index in [9.17, 15) is 0 Å². The Morgan fingerprint density at radius 2 is 2.16 bits per heavy atom. The zero-order valence-electron chi connectivity index (χ0n) is 14.3. The first-order valence-electron chi connectivity index (χ1n) is 9.31. The lowest BCUT2D eigenvalue weighted by Gasteiger charge is -2.28. The van der Waals surface area contributed by atoms with Crippen LogP contribution in [0, 0.1) is 11.8 Å². The molecule has 2 aliphatic rings. The summed E-state index contributed by atoms with van der Waals surface area (Å²) in [5.74, 6) is 1.70. The van der Waals surface area contributed by atoms with Gasteiger partial charge in [-0.15, -0.1) is 11.3 Å². The van der Waals surface area contributed by atoms with Gasteiger partial charge in [0.05, 0.1) is 0 Å². The van der Waals surface area contributed by atoms with E-state index in [4.69, 9.17) is 0 Å². The third-order valence-electron chi connectivity index (χ3n) is 6.00. The van der Waals surface area contributed by atoms with Gasteiger partial charge in [0.25, 0.3) is 0 Å². The number of hydrogen-bond donors (Lipinski definition) is 1. The highest BCUT2D eigenvalue weighted by Crippen LogP contribution is 2.43. The molecule has 1 aliphatic heterocycles. The SMILES string of the molecule is c1csc(-c2cn(C3CCC(C4CCCNC4)C3)c3ncncc23)n1. The summed E-state index contributed by atoms with van der Waals surface area (Å²) in [5.41, 5.74) is 2.24. The lowest BCUT2D eigenvalue weighted by atomic mass is 9.85. The van der Waals surface area contributed by atoms with Gasteiger partial charge >= 0.3 is 0 Å². The van der Waals surface area contributed by atoms with Gasteiger partial charge in [-0.25, -0.2) is 15.0 Å². The quantitative estimate of drug-likeness (QED) is 0.776. The number of hydrogen-bond acceptors (Lipinski definition) is 5. The predicted octanol–water partition coefficient (Wildman–Crippen LogP) is 3.90. The molecule has 25 heavy (non-hydrogen) atoms. The van der Waals surface area contributed by atoms with Gasteiger partial charge in [0.1, 0.15) is 17.0 Å². The first-order chi connectivity index (χ1) is 12.4. The molecule has 3 unspecified atom stereocenters. The third kappa shape index (κ3) is 2.77. The topological polar surface area (TPSA) is 55.6 Å². The molecule has 3 aromatic rings. The van der Waals surface area contributed by atoms with Crippen molar-refractivity contribution in [2.45, 2.75) is 38.1 Å². The standard InChI is InChI=1S/C19H23N5S/c1-2-14(9-20-5-1)13-3-4-15(8-13)24-11-17(19-22-6-7-25-19)16-10-21-12-23-18(16)24/h6-7,10-15,20H,1-5,8-9H2. The summed E-state index contributed by atoms with van der Waals surface area (Å²) >= 11 is 1.68. The molecule has 1 saturated heterocycles. The summed E-state index contributed by atoms with van der Waals surface area (Å²) in [4.78, 5) is 13.4. The number of fused-ring (bicyclic) bond motifs is 1. The van der Waals surface area contributed by atoms with Crippen LogP contribution in [0.25, 0.3) is 21.6 Å². The average Bonchev–Trinajstić information content (AvgIpc) is 3.41. The van der Waals surface area contributed by atoms with Crippen LogP contribution in [0.3, 0.4) is 0 Å². The summed E-state index contributed by atoms with van der Waals surface area (Å²) in [5, 5.41) is 7.80. The zero-order valence-corrected chi connectivity index (χ0v) is 15.1. The Morgan fingerprint density at radius 1 is 1.16 bits per heavy atom. The molecule has 2 fully saturated rings. The molecule has 1 saturated carbocycles. The van der Waals surface area contributed by atoms with Crippen molar-refractivity contribution >= 4 is 22.4 Å². The fourth-order valence-corrected chi connectivity index (χ4v) is 5.41. The second kappa shape index (κ2) is 6.50. The Labute approximate surface area is 151 Å². The van der Waals surface area contributed by atoms with E-state index < -0.39 is 0 Å². The van der Waals surface area contributed by atoms with Crippen LogP contribution in [0.5, 0.6) is 0 Å². The molecule has 5 rings (SSSR count). The Kier molecular flexibility index (Phi) is 4.02. The summed E-state index contributed by atoms with van der Waals surface area (Å²) in [7, 11) is 0. The second-order valence-corrected chi connectivity index (χ2v) is 8.28. The molecular formula is C19H23N5S. The Bertz CT molecular complexity index is 850. The van der Waals surface area contributed by atoms with Crippen LogP contribution in [-0.2, 0) is 0 Å². The molecular weight excluding hydrogens is 330 g/mol. The monoisotopic (exact) mass is 353 g/mol. The number of piperidine rings is 1. The number of aromatic nitrogens is 4. The van der Waals surface area contributed by atoms with Crippen molar-refractivity contribution in [3.8, 4) is 10.6 Å². The molecule has 0 aromatic carbocycles. The van der Waals surface area contributed by atoms with E-state index in [1.807, 2.05) is 17.8 Å². The van der Waals surface area contributed by atoms with Crippen molar-refractivity contribution in [1.82, 2.24) is 24.8 Å². The fraction of sp³-hybridized carbons (Fsp3) is 0.526. The largest absolute Gasteiger partial charge is 0.329 e. The number of thiazole rings is 1. The second-order valence-electron chi connectivity index (χ2n) is 7.38. The van der Waals surface area contributed by atoms with Crippen molar-refractivity contribution < 1.29 is 0 Å². The summed E-state index contributed by atoms with van der Waals surface area (Å²) in [6, 6.07) is 0.554. The van der Waals surface area contributed by atoms with E-state index in [0.29, 0.717) is 6.04 Å². The molecule has 1 N–H and O–H groups in total. The number of rotatable bonds is 3. The van der Waals surface area contributed by atoms with Crippen LogP contribution in [0.2, 0.25) is 0 Å². The summed E-state index contributed by atoms with van der Waals surface area (Å²) in [6.45, 7) is 2.40. The maximum Gasteiger partial charge on any atom is 0.144 e. The van der Waals surface area contributed by atoms with Crippen LogP contribution in [0.15, 0.2) is 30.3 Å². The Balaban J connectivity index is 1.47. The van der Waals surface area contributed by atoms with E-state index >= 15 is 0 Å². The van der Waals surface area contributed by atoms with Gasteiger partial charge < -0.3 is 9.88 Å². The van der Waals surface area contributed by atoms with Gasteiger partial charge in [0.2, 0.25) is 0 Å². The maximum atomic E-state index is 4.61. The van der Waals surface area contributed by atoms with Crippen molar-refractivity contribution in [1.29, 1.82) is 0 Å². The highest BCUT2D eigenvalue weighted by molar-refractivity contribution is 7.13. The Hall–Kier alpha value is -1.79. The molecule has 130 valence electrons. The molecule has 0 bridgehead atoms. The van der Waals surface area contributed by atoms with E-state index in [1.165, 1.54) is 50.8 Å². The molecule has 4 heterocycles. The smallest absolute Gasteiger partial charge is 0.144 e. The molecule has 0 amide bonds. The number of nitrogens with zero attached hydrogens (tertiary/aromatic N) is 4. The van der Waals surface area contributed by atoms with Gasteiger partial charge in [-0.2, -0.15) is 0 Å². The molecule has 1 aliphatic carbocycles. The molecule has 6 heteroatoms. The van der Waals surface area contributed by atoms with Crippen molar-refractivity contribution in [3.63, 3.8) is 0 Å². The van der Waals surface area contributed by atoms with Gasteiger partial charge in [-0.3, -0.25) is 0 Å². The maximum absolute atomic E-state index is 4.61. The van der Waals surface area contributed by atoms with Crippen molar-refractivity contribution in [2.75, 3.05) is 13.1 Å². The van der Waals surface area contributed by atoms with Crippen LogP contribution < -0.4 is 5.32 Å². The van der Waals surface area contributed by atoms with Crippen molar-refractivity contribution in [3.05, 3.63) is 30.3 Å². The zero-order chi connectivity index (χ0) is 16.6. The Morgan fingerprint density at radius 3 is 3.00 bits per heavy atom.